The summed E-state index contributed by atoms with van der Waals surface area (Å²) in [5.74, 6) is 0.915. The Hall–Kier alpha value is -1.52. The van der Waals surface area contributed by atoms with Crippen molar-refractivity contribution in [3.8, 4) is 5.75 Å². The fourth-order valence-electron chi connectivity index (χ4n) is 3.10. The van der Waals surface area contributed by atoms with E-state index in [2.05, 4.69) is 35.1 Å². The van der Waals surface area contributed by atoms with Gasteiger partial charge in [-0.25, -0.2) is 0 Å². The molecule has 118 valence electrons. The molecule has 1 aliphatic rings. The van der Waals surface area contributed by atoms with E-state index in [4.69, 9.17) is 16.3 Å². The van der Waals surface area contributed by atoms with Gasteiger partial charge in [0.1, 0.15) is 10.9 Å². The summed E-state index contributed by atoms with van der Waals surface area (Å²) in [5.41, 5.74) is 3.58. The predicted molar refractivity (Wildman–Crippen MR) is 88.4 cm³/mol. The highest BCUT2D eigenvalue weighted by atomic mass is 35.5. The first-order chi connectivity index (χ1) is 10.6. The smallest absolute Gasteiger partial charge is 0.131 e. The quantitative estimate of drug-likeness (QED) is 0.843. The van der Waals surface area contributed by atoms with Crippen LogP contribution in [0.2, 0.25) is 5.15 Å². The summed E-state index contributed by atoms with van der Waals surface area (Å²) >= 11 is 6.41. The third-order valence-corrected chi connectivity index (χ3v) is 4.93. The molecule has 1 unspecified atom stereocenters. The molecule has 0 amide bonds. The van der Waals surface area contributed by atoms with Crippen molar-refractivity contribution < 1.29 is 4.74 Å². The molecule has 1 atom stereocenters. The zero-order valence-electron chi connectivity index (χ0n) is 13.3. The number of rotatable bonds is 5. The third kappa shape index (κ3) is 2.73. The summed E-state index contributed by atoms with van der Waals surface area (Å²) in [6.07, 6.45) is 2.08. The second-order valence-electron chi connectivity index (χ2n) is 5.74. The monoisotopic (exact) mass is 319 g/mol. The van der Waals surface area contributed by atoms with Gasteiger partial charge in [0.25, 0.3) is 0 Å². The molecule has 22 heavy (non-hydrogen) atoms. The number of benzene rings is 1. The molecule has 0 spiro atoms. The third-order valence-electron chi connectivity index (χ3n) is 4.46. The second-order valence-corrected chi connectivity index (χ2v) is 6.10. The van der Waals surface area contributed by atoms with E-state index >= 15 is 0 Å². The molecular formula is C17H22ClN3O. The molecule has 0 bridgehead atoms. The first-order valence-electron chi connectivity index (χ1n) is 7.72. The fourth-order valence-corrected chi connectivity index (χ4v) is 3.31. The summed E-state index contributed by atoms with van der Waals surface area (Å²) in [4.78, 5) is 2.46. The van der Waals surface area contributed by atoms with Crippen LogP contribution in [0.4, 0.5) is 0 Å². The van der Waals surface area contributed by atoms with Crippen LogP contribution in [-0.2, 0) is 20.0 Å². The number of ether oxygens (including phenoxy) is 1. The molecule has 4 nitrogen and oxygen atoms in total. The Morgan fingerprint density at radius 3 is 2.86 bits per heavy atom. The zero-order valence-corrected chi connectivity index (χ0v) is 14.1. The number of hydrogen-bond donors (Lipinski definition) is 0. The van der Waals surface area contributed by atoms with Gasteiger partial charge in [-0.15, -0.1) is 0 Å². The highest BCUT2D eigenvalue weighted by Crippen LogP contribution is 2.37. The standard InChI is InChI=1S/C17H22ClN3O/c1-4-15-14(17(18)20(2)19-15)11-21-9-8-16(21)12-6-5-7-13(10-12)22-3/h5-7,10,16H,4,8-9,11H2,1-3H3. The maximum Gasteiger partial charge on any atom is 0.131 e. The van der Waals surface area contributed by atoms with Crippen LogP contribution >= 0.6 is 11.6 Å². The molecule has 5 heteroatoms. The molecular weight excluding hydrogens is 298 g/mol. The van der Waals surface area contributed by atoms with Gasteiger partial charge in [-0.2, -0.15) is 5.10 Å². The van der Waals surface area contributed by atoms with Gasteiger partial charge in [0, 0.05) is 31.7 Å². The van der Waals surface area contributed by atoms with Crippen LogP contribution < -0.4 is 4.74 Å². The van der Waals surface area contributed by atoms with Crippen LogP contribution in [0.3, 0.4) is 0 Å². The fraction of sp³-hybridized carbons (Fsp3) is 0.471. The van der Waals surface area contributed by atoms with Crippen molar-refractivity contribution in [1.29, 1.82) is 0 Å². The molecule has 1 aromatic carbocycles. The SMILES string of the molecule is CCc1nn(C)c(Cl)c1CN1CCC1c1cccc(OC)c1. The summed E-state index contributed by atoms with van der Waals surface area (Å²) in [6.45, 7) is 4.08. The van der Waals surface area contributed by atoms with Crippen molar-refractivity contribution in [2.24, 2.45) is 7.05 Å². The van der Waals surface area contributed by atoms with Crippen molar-refractivity contribution in [3.05, 3.63) is 46.2 Å². The maximum absolute atomic E-state index is 6.41. The average Bonchev–Trinajstić information content (AvgIpc) is 2.78. The molecule has 2 heterocycles. The lowest BCUT2D eigenvalue weighted by Crippen LogP contribution is -2.40. The topological polar surface area (TPSA) is 30.3 Å². The van der Waals surface area contributed by atoms with E-state index in [9.17, 15) is 0 Å². The molecule has 0 saturated carbocycles. The van der Waals surface area contributed by atoms with Gasteiger partial charge in [0.2, 0.25) is 0 Å². The summed E-state index contributed by atoms with van der Waals surface area (Å²) in [5, 5.41) is 5.26. The van der Waals surface area contributed by atoms with Crippen molar-refractivity contribution in [2.75, 3.05) is 13.7 Å². The Kier molecular flexibility index (Phi) is 4.41. The molecule has 1 aliphatic heterocycles. The molecule has 0 aliphatic carbocycles. The predicted octanol–water partition coefficient (Wildman–Crippen LogP) is 3.59. The van der Waals surface area contributed by atoms with E-state index in [1.54, 1.807) is 11.8 Å². The minimum Gasteiger partial charge on any atom is -0.497 e. The van der Waals surface area contributed by atoms with Gasteiger partial charge in [-0.3, -0.25) is 9.58 Å². The molecule has 1 aromatic heterocycles. The Balaban J connectivity index is 1.79. The van der Waals surface area contributed by atoms with Crippen LogP contribution in [0.5, 0.6) is 5.75 Å². The number of aromatic nitrogens is 2. The lowest BCUT2D eigenvalue weighted by Gasteiger charge is -2.41. The zero-order chi connectivity index (χ0) is 15.7. The van der Waals surface area contributed by atoms with Crippen LogP contribution in [0.25, 0.3) is 0 Å². The minimum atomic E-state index is 0.441. The Bertz CT molecular complexity index is 668. The Morgan fingerprint density at radius 2 is 2.23 bits per heavy atom. The second kappa shape index (κ2) is 6.31. The van der Waals surface area contributed by atoms with Crippen molar-refractivity contribution in [2.45, 2.75) is 32.4 Å². The molecule has 3 rings (SSSR count). The van der Waals surface area contributed by atoms with Gasteiger partial charge in [0.05, 0.1) is 12.8 Å². The number of hydrogen-bond acceptors (Lipinski definition) is 3. The van der Waals surface area contributed by atoms with Crippen LogP contribution in [-0.4, -0.2) is 28.3 Å². The van der Waals surface area contributed by atoms with E-state index in [1.165, 1.54) is 17.5 Å². The van der Waals surface area contributed by atoms with Gasteiger partial charge in [-0.1, -0.05) is 30.7 Å². The van der Waals surface area contributed by atoms with Crippen molar-refractivity contribution in [1.82, 2.24) is 14.7 Å². The Morgan fingerprint density at radius 1 is 1.41 bits per heavy atom. The molecule has 0 N–H and O–H groups in total. The summed E-state index contributed by atoms with van der Waals surface area (Å²) < 4.78 is 7.11. The summed E-state index contributed by atoms with van der Waals surface area (Å²) in [7, 11) is 3.61. The minimum absolute atomic E-state index is 0.441. The Labute approximate surface area is 136 Å². The van der Waals surface area contributed by atoms with E-state index < -0.39 is 0 Å². The molecule has 1 fully saturated rings. The van der Waals surface area contributed by atoms with Gasteiger partial charge < -0.3 is 4.74 Å². The first-order valence-corrected chi connectivity index (χ1v) is 8.10. The lowest BCUT2D eigenvalue weighted by atomic mass is 9.94. The van der Waals surface area contributed by atoms with Crippen molar-refractivity contribution >= 4 is 11.6 Å². The van der Waals surface area contributed by atoms with E-state index in [-0.39, 0.29) is 0 Å². The molecule has 1 saturated heterocycles. The normalized spacial score (nSPS) is 18.3. The van der Waals surface area contributed by atoms with Gasteiger partial charge >= 0.3 is 0 Å². The van der Waals surface area contributed by atoms with Crippen LogP contribution in [0.1, 0.15) is 36.2 Å². The highest BCUT2D eigenvalue weighted by molar-refractivity contribution is 6.30. The number of aryl methyl sites for hydroxylation is 2. The number of likely N-dealkylation sites (tertiary alicyclic amines) is 1. The number of nitrogens with zero attached hydrogens (tertiary/aromatic N) is 3. The number of methoxy groups -OCH3 is 1. The largest absolute Gasteiger partial charge is 0.497 e. The average molecular weight is 320 g/mol. The number of halogens is 1. The van der Waals surface area contributed by atoms with Crippen LogP contribution in [0, 0.1) is 0 Å². The maximum atomic E-state index is 6.41. The van der Waals surface area contributed by atoms with E-state index in [0.29, 0.717) is 6.04 Å². The van der Waals surface area contributed by atoms with Gasteiger partial charge in [-0.05, 0) is 30.5 Å². The van der Waals surface area contributed by atoms with E-state index in [1.807, 2.05) is 13.1 Å². The molecule has 0 radical (unpaired) electrons. The molecule has 2 aromatic rings. The van der Waals surface area contributed by atoms with Gasteiger partial charge in [0.15, 0.2) is 0 Å². The highest BCUT2D eigenvalue weighted by Gasteiger charge is 2.31. The van der Waals surface area contributed by atoms with Crippen molar-refractivity contribution in [3.63, 3.8) is 0 Å². The van der Waals surface area contributed by atoms with E-state index in [0.717, 1.165) is 36.1 Å². The van der Waals surface area contributed by atoms with Crippen LogP contribution in [0.15, 0.2) is 24.3 Å². The first kappa shape index (κ1) is 15.4. The summed E-state index contributed by atoms with van der Waals surface area (Å²) in [6, 6.07) is 8.78. The lowest BCUT2D eigenvalue weighted by molar-refractivity contribution is 0.0814.